The van der Waals surface area contributed by atoms with Crippen LogP contribution in [0.25, 0.3) is 0 Å². The Morgan fingerprint density at radius 1 is 1.67 bits per heavy atom. The van der Waals surface area contributed by atoms with Crippen molar-refractivity contribution < 1.29 is 9.21 Å². The number of carbonyl (C=O) groups excluding carboxylic acids is 1. The highest BCUT2D eigenvalue weighted by Gasteiger charge is 2.16. The van der Waals surface area contributed by atoms with Crippen LogP contribution in [0.2, 0.25) is 0 Å². The van der Waals surface area contributed by atoms with E-state index in [0.29, 0.717) is 12.3 Å². The van der Waals surface area contributed by atoms with E-state index in [-0.39, 0.29) is 11.9 Å². The first-order valence-electron chi connectivity index (χ1n) is 6.76. The van der Waals surface area contributed by atoms with Crippen molar-refractivity contribution in [1.29, 1.82) is 0 Å². The Kier molecular flexibility index (Phi) is 4.81. The van der Waals surface area contributed by atoms with Gasteiger partial charge < -0.3 is 15.1 Å². The predicted molar refractivity (Wildman–Crippen MR) is 70.2 cm³/mol. The van der Waals surface area contributed by atoms with Gasteiger partial charge in [-0.1, -0.05) is 0 Å². The van der Waals surface area contributed by atoms with Crippen molar-refractivity contribution >= 4 is 5.91 Å². The quantitative estimate of drug-likeness (QED) is 0.808. The summed E-state index contributed by atoms with van der Waals surface area (Å²) in [6, 6.07) is 3.94. The Morgan fingerprint density at radius 2 is 2.56 bits per heavy atom. The third-order valence-corrected chi connectivity index (χ3v) is 3.44. The Bertz CT molecular complexity index is 356. The van der Waals surface area contributed by atoms with Gasteiger partial charge in [0.05, 0.1) is 6.26 Å². The Balaban J connectivity index is 1.63. The van der Waals surface area contributed by atoms with Gasteiger partial charge in [0.2, 0.25) is 5.91 Å². The highest BCUT2D eigenvalue weighted by Crippen LogP contribution is 2.14. The van der Waals surface area contributed by atoms with E-state index in [1.807, 2.05) is 19.1 Å². The zero-order chi connectivity index (χ0) is 12.8. The van der Waals surface area contributed by atoms with Crippen LogP contribution in [-0.4, -0.2) is 25.0 Å². The van der Waals surface area contributed by atoms with E-state index in [9.17, 15) is 4.79 Å². The lowest BCUT2D eigenvalue weighted by Crippen LogP contribution is -2.34. The summed E-state index contributed by atoms with van der Waals surface area (Å²) in [6.07, 6.45) is 5.25. The normalized spacial score (nSPS) is 20.8. The zero-order valence-electron chi connectivity index (χ0n) is 10.9. The molecule has 4 heteroatoms. The molecule has 2 N–H and O–H groups in total. The molecule has 1 saturated heterocycles. The van der Waals surface area contributed by atoms with Crippen LogP contribution < -0.4 is 10.6 Å². The summed E-state index contributed by atoms with van der Waals surface area (Å²) in [5.74, 6) is 1.75. The second kappa shape index (κ2) is 6.59. The highest BCUT2D eigenvalue weighted by atomic mass is 16.3. The number of furan rings is 1. The first kappa shape index (κ1) is 13.1. The molecular formula is C14H22N2O2. The molecule has 0 saturated carbocycles. The van der Waals surface area contributed by atoms with Crippen LogP contribution in [0.3, 0.4) is 0 Å². The molecule has 2 rings (SSSR count). The lowest BCUT2D eigenvalue weighted by atomic mass is 10.0. The monoisotopic (exact) mass is 250 g/mol. The minimum atomic E-state index is 0.130. The average molecular weight is 250 g/mol. The van der Waals surface area contributed by atoms with Crippen LogP contribution in [0.4, 0.5) is 0 Å². The van der Waals surface area contributed by atoms with Gasteiger partial charge in [-0.25, -0.2) is 0 Å². The maximum absolute atomic E-state index is 11.8. The van der Waals surface area contributed by atoms with E-state index < -0.39 is 0 Å². The molecule has 2 heterocycles. The van der Waals surface area contributed by atoms with Crippen LogP contribution in [0, 0.1) is 5.92 Å². The molecule has 0 bridgehead atoms. The van der Waals surface area contributed by atoms with Crippen LogP contribution in [0.5, 0.6) is 0 Å². The average Bonchev–Trinajstić information content (AvgIpc) is 2.98. The SMILES string of the molecule is CC(Cc1ccco1)NC(=O)CCC1CCNC1. The molecule has 2 atom stereocenters. The van der Waals surface area contributed by atoms with E-state index in [4.69, 9.17) is 4.42 Å². The summed E-state index contributed by atoms with van der Waals surface area (Å²) < 4.78 is 5.27. The van der Waals surface area contributed by atoms with Gasteiger partial charge in [-0.3, -0.25) is 4.79 Å². The van der Waals surface area contributed by atoms with Crippen molar-refractivity contribution in [2.45, 2.75) is 38.6 Å². The molecule has 1 amide bonds. The van der Waals surface area contributed by atoms with Gasteiger partial charge in [0, 0.05) is 18.9 Å². The zero-order valence-corrected chi connectivity index (χ0v) is 10.9. The Morgan fingerprint density at radius 3 is 3.22 bits per heavy atom. The first-order chi connectivity index (χ1) is 8.74. The molecular weight excluding hydrogens is 228 g/mol. The molecule has 4 nitrogen and oxygen atoms in total. The molecule has 0 radical (unpaired) electrons. The second-order valence-electron chi connectivity index (χ2n) is 5.15. The third kappa shape index (κ3) is 4.18. The number of hydrogen-bond acceptors (Lipinski definition) is 3. The van der Waals surface area contributed by atoms with Gasteiger partial charge in [-0.15, -0.1) is 0 Å². The van der Waals surface area contributed by atoms with E-state index in [2.05, 4.69) is 10.6 Å². The summed E-state index contributed by atoms with van der Waals surface area (Å²) in [4.78, 5) is 11.8. The van der Waals surface area contributed by atoms with E-state index >= 15 is 0 Å². The summed E-state index contributed by atoms with van der Waals surface area (Å²) in [6.45, 7) is 4.17. The van der Waals surface area contributed by atoms with Gasteiger partial charge in [0.1, 0.15) is 5.76 Å². The lowest BCUT2D eigenvalue weighted by Gasteiger charge is -2.13. The second-order valence-corrected chi connectivity index (χ2v) is 5.15. The van der Waals surface area contributed by atoms with Gasteiger partial charge in [0.15, 0.2) is 0 Å². The van der Waals surface area contributed by atoms with Crippen LogP contribution in [0.1, 0.15) is 31.9 Å². The standard InChI is InChI=1S/C14H22N2O2/c1-11(9-13-3-2-8-18-13)16-14(17)5-4-12-6-7-15-10-12/h2-3,8,11-12,15H,4-7,9-10H2,1H3,(H,16,17). The van der Waals surface area contributed by atoms with Gasteiger partial charge >= 0.3 is 0 Å². The van der Waals surface area contributed by atoms with E-state index in [1.165, 1.54) is 6.42 Å². The molecule has 100 valence electrons. The highest BCUT2D eigenvalue weighted by molar-refractivity contribution is 5.76. The Hall–Kier alpha value is -1.29. The molecule has 2 unspecified atom stereocenters. The minimum absolute atomic E-state index is 0.130. The van der Waals surface area contributed by atoms with Gasteiger partial charge in [0.25, 0.3) is 0 Å². The minimum Gasteiger partial charge on any atom is -0.469 e. The summed E-state index contributed by atoms with van der Waals surface area (Å²) in [5.41, 5.74) is 0. The number of rotatable bonds is 6. The first-order valence-corrected chi connectivity index (χ1v) is 6.76. The molecule has 1 fully saturated rings. The Labute approximate surface area is 108 Å². The smallest absolute Gasteiger partial charge is 0.220 e. The topological polar surface area (TPSA) is 54.3 Å². The van der Waals surface area contributed by atoms with Crippen LogP contribution in [0.15, 0.2) is 22.8 Å². The molecule has 18 heavy (non-hydrogen) atoms. The van der Waals surface area contributed by atoms with E-state index in [0.717, 1.165) is 31.7 Å². The predicted octanol–water partition coefficient (Wildman–Crippen LogP) is 1.72. The summed E-state index contributed by atoms with van der Waals surface area (Å²) in [7, 11) is 0. The molecule has 1 aromatic rings. The molecule has 1 aromatic heterocycles. The van der Waals surface area contributed by atoms with Gasteiger partial charge in [-0.05, 0) is 50.9 Å². The van der Waals surface area contributed by atoms with Crippen molar-refractivity contribution in [3.05, 3.63) is 24.2 Å². The van der Waals surface area contributed by atoms with Crippen molar-refractivity contribution in [2.24, 2.45) is 5.92 Å². The lowest BCUT2D eigenvalue weighted by molar-refractivity contribution is -0.121. The third-order valence-electron chi connectivity index (χ3n) is 3.44. The number of nitrogens with one attached hydrogen (secondary N) is 2. The molecule has 1 aliphatic rings. The molecule has 0 spiro atoms. The fraction of sp³-hybridized carbons (Fsp3) is 0.643. The molecule has 0 aromatic carbocycles. The summed E-state index contributed by atoms with van der Waals surface area (Å²) >= 11 is 0. The largest absolute Gasteiger partial charge is 0.469 e. The fourth-order valence-corrected chi connectivity index (χ4v) is 2.42. The number of carbonyl (C=O) groups is 1. The van der Waals surface area contributed by atoms with Crippen LogP contribution >= 0.6 is 0 Å². The van der Waals surface area contributed by atoms with Crippen LogP contribution in [-0.2, 0) is 11.2 Å². The molecule has 1 aliphatic heterocycles. The maximum Gasteiger partial charge on any atom is 0.220 e. The van der Waals surface area contributed by atoms with Crippen molar-refractivity contribution in [1.82, 2.24) is 10.6 Å². The summed E-state index contributed by atoms with van der Waals surface area (Å²) in [5, 5.41) is 6.35. The van der Waals surface area contributed by atoms with Crippen molar-refractivity contribution in [2.75, 3.05) is 13.1 Å². The van der Waals surface area contributed by atoms with Gasteiger partial charge in [-0.2, -0.15) is 0 Å². The maximum atomic E-state index is 11.8. The molecule has 0 aliphatic carbocycles. The fourth-order valence-electron chi connectivity index (χ4n) is 2.42. The van der Waals surface area contributed by atoms with Crippen molar-refractivity contribution in [3.63, 3.8) is 0 Å². The van der Waals surface area contributed by atoms with Crippen molar-refractivity contribution in [3.8, 4) is 0 Å². The van der Waals surface area contributed by atoms with E-state index in [1.54, 1.807) is 6.26 Å². The number of hydrogen-bond donors (Lipinski definition) is 2. The number of amides is 1.